The Morgan fingerprint density at radius 3 is 2.60 bits per heavy atom. The van der Waals surface area contributed by atoms with E-state index in [0.717, 1.165) is 10.0 Å². The fraction of sp³-hybridized carbons (Fsp3) is 0.308. The van der Waals surface area contributed by atoms with Crippen molar-refractivity contribution in [2.24, 2.45) is 0 Å². The summed E-state index contributed by atoms with van der Waals surface area (Å²) >= 11 is 3.31. The maximum Gasteiger partial charge on any atom is 0.240 e. The van der Waals surface area contributed by atoms with Crippen LogP contribution in [0.15, 0.2) is 46.0 Å². The van der Waals surface area contributed by atoms with Gasteiger partial charge in [0.05, 0.1) is 15.6 Å². The van der Waals surface area contributed by atoms with Gasteiger partial charge in [0.15, 0.2) is 0 Å². The van der Waals surface area contributed by atoms with Crippen molar-refractivity contribution in [2.45, 2.75) is 24.8 Å². The van der Waals surface area contributed by atoms with Gasteiger partial charge >= 0.3 is 0 Å². The molecule has 0 radical (unpaired) electrons. The van der Waals surface area contributed by atoms with Crippen molar-refractivity contribution in [1.29, 1.82) is 0 Å². The molecular weight excluding hydrogens is 342 g/mol. The molecule has 2 aromatic rings. The van der Waals surface area contributed by atoms with Crippen LogP contribution in [0, 0.1) is 6.92 Å². The van der Waals surface area contributed by atoms with Crippen molar-refractivity contribution >= 4 is 26.0 Å². The van der Waals surface area contributed by atoms with Crippen LogP contribution in [0.2, 0.25) is 0 Å². The third kappa shape index (κ3) is 4.16. The number of benzene rings is 1. The number of hydrogen-bond acceptors (Lipinski definition) is 3. The fourth-order valence-electron chi connectivity index (χ4n) is 1.71. The number of sulfonamides is 1. The number of halogens is 1. The molecule has 1 heterocycles. The predicted octanol–water partition coefficient (Wildman–Crippen LogP) is 2.32. The molecule has 0 spiro atoms. The lowest BCUT2D eigenvalue weighted by Gasteiger charge is -2.07. The van der Waals surface area contributed by atoms with Gasteiger partial charge in [-0.2, -0.15) is 5.10 Å². The highest BCUT2D eigenvalue weighted by molar-refractivity contribution is 9.10. The minimum Gasteiger partial charge on any atom is -0.272 e. The summed E-state index contributed by atoms with van der Waals surface area (Å²) in [6.45, 7) is 2.97. The van der Waals surface area contributed by atoms with E-state index in [0.29, 0.717) is 24.4 Å². The van der Waals surface area contributed by atoms with Gasteiger partial charge in [-0.3, -0.25) is 4.68 Å². The second-order valence-electron chi connectivity index (χ2n) is 4.49. The highest BCUT2D eigenvalue weighted by Crippen LogP contribution is 2.10. The number of hydrogen-bond donors (Lipinski definition) is 1. The monoisotopic (exact) mass is 357 g/mol. The summed E-state index contributed by atoms with van der Waals surface area (Å²) in [5.41, 5.74) is 1.04. The molecule has 1 aromatic heterocycles. The minimum atomic E-state index is -3.42. The summed E-state index contributed by atoms with van der Waals surface area (Å²) in [6.07, 6.45) is 4.24. The Hall–Kier alpha value is -1.18. The Bertz CT molecular complexity index is 665. The van der Waals surface area contributed by atoms with E-state index in [9.17, 15) is 8.42 Å². The number of nitrogens with one attached hydrogen (secondary N) is 1. The fourth-order valence-corrected chi connectivity index (χ4v) is 3.11. The zero-order chi connectivity index (χ0) is 14.6. The Morgan fingerprint density at radius 1 is 1.30 bits per heavy atom. The number of rotatable bonds is 6. The topological polar surface area (TPSA) is 64.0 Å². The lowest BCUT2D eigenvalue weighted by atomic mass is 10.2. The van der Waals surface area contributed by atoms with E-state index in [1.165, 1.54) is 0 Å². The van der Waals surface area contributed by atoms with E-state index in [2.05, 4.69) is 25.8 Å². The summed E-state index contributed by atoms with van der Waals surface area (Å²) in [5.74, 6) is 0. The third-order valence-corrected chi connectivity index (χ3v) is 4.68. The maximum atomic E-state index is 12.0. The molecule has 0 fully saturated rings. The van der Waals surface area contributed by atoms with Gasteiger partial charge in [0.1, 0.15) is 0 Å². The number of nitrogens with zero attached hydrogens (tertiary/aromatic N) is 2. The van der Waals surface area contributed by atoms with Gasteiger partial charge in [-0.25, -0.2) is 13.1 Å². The van der Waals surface area contributed by atoms with E-state index in [4.69, 9.17) is 0 Å². The van der Waals surface area contributed by atoms with E-state index in [1.54, 1.807) is 35.1 Å². The van der Waals surface area contributed by atoms with Gasteiger partial charge in [0.2, 0.25) is 10.0 Å². The smallest absolute Gasteiger partial charge is 0.240 e. The molecule has 0 aliphatic heterocycles. The van der Waals surface area contributed by atoms with Gasteiger partial charge in [-0.05, 0) is 41.4 Å². The summed E-state index contributed by atoms with van der Waals surface area (Å²) in [7, 11) is -3.42. The Balaban J connectivity index is 1.85. The molecule has 1 aromatic carbocycles. The molecular formula is C13H16BrN3O2S. The molecule has 0 amide bonds. The molecule has 108 valence electrons. The van der Waals surface area contributed by atoms with Crippen LogP contribution < -0.4 is 4.72 Å². The van der Waals surface area contributed by atoms with Gasteiger partial charge < -0.3 is 0 Å². The molecule has 5 nitrogen and oxygen atoms in total. The SMILES string of the molecule is Cc1ccc(S(=O)(=O)NCCCn2cc(Br)cn2)cc1. The van der Waals surface area contributed by atoms with Gasteiger partial charge in [-0.15, -0.1) is 0 Å². The van der Waals surface area contributed by atoms with Crippen LogP contribution in [0.1, 0.15) is 12.0 Å². The molecule has 1 N–H and O–H groups in total. The van der Waals surface area contributed by atoms with E-state index in [1.807, 2.05) is 13.1 Å². The lowest BCUT2D eigenvalue weighted by Crippen LogP contribution is -2.25. The van der Waals surface area contributed by atoms with Crippen molar-refractivity contribution in [3.8, 4) is 0 Å². The van der Waals surface area contributed by atoms with Crippen LogP contribution in [0.25, 0.3) is 0 Å². The molecule has 7 heteroatoms. The minimum absolute atomic E-state index is 0.296. The van der Waals surface area contributed by atoms with E-state index >= 15 is 0 Å². The van der Waals surface area contributed by atoms with Crippen molar-refractivity contribution in [2.75, 3.05) is 6.54 Å². The third-order valence-electron chi connectivity index (χ3n) is 2.79. The second-order valence-corrected chi connectivity index (χ2v) is 7.17. The van der Waals surface area contributed by atoms with Crippen molar-refractivity contribution in [1.82, 2.24) is 14.5 Å². The molecule has 0 unspecified atom stereocenters. The standard InChI is InChI=1S/C13H16BrN3O2S/c1-11-3-5-13(6-4-11)20(18,19)16-7-2-8-17-10-12(14)9-15-17/h3-6,9-10,16H,2,7-8H2,1H3. The normalized spacial score (nSPS) is 11.7. The first-order chi connectivity index (χ1) is 9.47. The zero-order valence-electron chi connectivity index (χ0n) is 11.1. The molecule has 0 aliphatic rings. The summed E-state index contributed by atoms with van der Waals surface area (Å²) < 4.78 is 29.3. The van der Waals surface area contributed by atoms with Crippen LogP contribution in [0.4, 0.5) is 0 Å². The highest BCUT2D eigenvalue weighted by atomic mass is 79.9. The van der Waals surface area contributed by atoms with Crippen LogP contribution >= 0.6 is 15.9 Å². The molecule has 0 saturated heterocycles. The average molecular weight is 358 g/mol. The van der Waals surface area contributed by atoms with Crippen molar-refractivity contribution in [3.05, 3.63) is 46.7 Å². The first-order valence-electron chi connectivity index (χ1n) is 6.22. The maximum absolute atomic E-state index is 12.0. The Kier molecular flexibility index (Phi) is 4.95. The average Bonchev–Trinajstić information content (AvgIpc) is 2.81. The van der Waals surface area contributed by atoms with E-state index < -0.39 is 10.0 Å². The predicted molar refractivity (Wildman–Crippen MR) is 80.9 cm³/mol. The quantitative estimate of drug-likeness (QED) is 0.806. The highest BCUT2D eigenvalue weighted by Gasteiger charge is 2.12. The first kappa shape index (κ1) is 15.2. The summed E-state index contributed by atoms with van der Waals surface area (Å²) in [5, 5.41) is 4.11. The van der Waals surface area contributed by atoms with Gasteiger partial charge in [0.25, 0.3) is 0 Å². The molecule has 2 rings (SSSR count). The van der Waals surface area contributed by atoms with Gasteiger partial charge in [0, 0.05) is 19.3 Å². The molecule has 0 bridgehead atoms. The summed E-state index contributed by atoms with van der Waals surface area (Å²) in [6, 6.07) is 6.80. The van der Waals surface area contributed by atoms with Crippen molar-refractivity contribution in [3.63, 3.8) is 0 Å². The van der Waals surface area contributed by atoms with Crippen LogP contribution in [0.5, 0.6) is 0 Å². The zero-order valence-corrected chi connectivity index (χ0v) is 13.5. The summed E-state index contributed by atoms with van der Waals surface area (Å²) in [4.78, 5) is 0.296. The number of aryl methyl sites for hydroxylation is 2. The molecule has 0 aliphatic carbocycles. The van der Waals surface area contributed by atoms with Crippen LogP contribution in [-0.2, 0) is 16.6 Å². The molecule has 20 heavy (non-hydrogen) atoms. The Labute approximate surface area is 127 Å². The Morgan fingerprint density at radius 2 is 2.00 bits per heavy atom. The number of aromatic nitrogens is 2. The van der Waals surface area contributed by atoms with Crippen LogP contribution in [0.3, 0.4) is 0 Å². The second kappa shape index (κ2) is 6.51. The molecule has 0 atom stereocenters. The molecule has 0 saturated carbocycles. The first-order valence-corrected chi connectivity index (χ1v) is 8.49. The van der Waals surface area contributed by atoms with Gasteiger partial charge in [-0.1, -0.05) is 17.7 Å². The lowest BCUT2D eigenvalue weighted by molar-refractivity contribution is 0.553. The van der Waals surface area contributed by atoms with Crippen LogP contribution in [-0.4, -0.2) is 24.7 Å². The van der Waals surface area contributed by atoms with E-state index in [-0.39, 0.29) is 0 Å². The van der Waals surface area contributed by atoms with Crippen molar-refractivity contribution < 1.29 is 8.42 Å². The largest absolute Gasteiger partial charge is 0.272 e.